The number of anilines is 1. The topological polar surface area (TPSA) is 112 Å². The van der Waals surface area contributed by atoms with Crippen molar-refractivity contribution < 1.29 is 9.90 Å². The highest BCUT2D eigenvalue weighted by Gasteiger charge is 2.10. The van der Waals surface area contributed by atoms with Crippen molar-refractivity contribution in [2.75, 3.05) is 5.73 Å². The van der Waals surface area contributed by atoms with E-state index in [1.807, 2.05) is 0 Å². The Labute approximate surface area is 79.6 Å². The third-order valence-electron chi connectivity index (χ3n) is 1.79. The molecule has 0 atom stereocenters. The summed E-state index contributed by atoms with van der Waals surface area (Å²) in [5.74, 6) is -1.09. The number of hydrogen-bond acceptors (Lipinski definition) is 3. The maximum Gasteiger partial charge on any atom is 0.336 e. The fourth-order valence-electron chi connectivity index (χ4n) is 1.09. The van der Waals surface area contributed by atoms with Crippen LogP contribution >= 0.6 is 0 Å². The molecular formula is C8H8N4O2. The standard InChI is InChI=1S/C8H8N4O2/c1-4-6(8(13)14)2-5(9)3-7(4)11-12-10/h2-3H,9H2,1H3,(H,13,14). The van der Waals surface area contributed by atoms with E-state index >= 15 is 0 Å². The fraction of sp³-hybridized carbons (Fsp3) is 0.125. The van der Waals surface area contributed by atoms with E-state index in [0.717, 1.165) is 0 Å². The van der Waals surface area contributed by atoms with Gasteiger partial charge in [0.25, 0.3) is 0 Å². The molecule has 1 aromatic carbocycles. The molecule has 0 fully saturated rings. The Morgan fingerprint density at radius 3 is 2.79 bits per heavy atom. The van der Waals surface area contributed by atoms with Crippen LogP contribution in [0.25, 0.3) is 10.4 Å². The van der Waals surface area contributed by atoms with Crippen molar-refractivity contribution in [3.05, 3.63) is 33.7 Å². The summed E-state index contributed by atoms with van der Waals surface area (Å²) in [5.41, 5.74) is 14.6. The van der Waals surface area contributed by atoms with Gasteiger partial charge in [0.2, 0.25) is 0 Å². The van der Waals surface area contributed by atoms with Crippen molar-refractivity contribution in [1.82, 2.24) is 0 Å². The molecule has 0 aliphatic heterocycles. The van der Waals surface area contributed by atoms with Gasteiger partial charge in [0.1, 0.15) is 0 Å². The Hall–Kier alpha value is -2.20. The summed E-state index contributed by atoms with van der Waals surface area (Å²) >= 11 is 0. The van der Waals surface area contributed by atoms with Gasteiger partial charge < -0.3 is 10.8 Å². The summed E-state index contributed by atoms with van der Waals surface area (Å²) in [4.78, 5) is 13.3. The van der Waals surface area contributed by atoms with Crippen LogP contribution in [0.2, 0.25) is 0 Å². The Balaban J connectivity index is 3.46. The van der Waals surface area contributed by atoms with Gasteiger partial charge in [-0.2, -0.15) is 0 Å². The van der Waals surface area contributed by atoms with E-state index in [0.29, 0.717) is 5.56 Å². The number of carbonyl (C=O) groups is 1. The van der Waals surface area contributed by atoms with Gasteiger partial charge in [0, 0.05) is 16.3 Å². The molecule has 0 heterocycles. The quantitative estimate of drug-likeness (QED) is 0.324. The van der Waals surface area contributed by atoms with E-state index in [4.69, 9.17) is 16.4 Å². The summed E-state index contributed by atoms with van der Waals surface area (Å²) in [6.07, 6.45) is 0. The third kappa shape index (κ3) is 1.75. The molecule has 1 rings (SSSR count). The van der Waals surface area contributed by atoms with Gasteiger partial charge in [-0.05, 0) is 30.2 Å². The van der Waals surface area contributed by atoms with Gasteiger partial charge >= 0.3 is 5.97 Å². The number of nitrogen functional groups attached to an aromatic ring is 1. The van der Waals surface area contributed by atoms with E-state index < -0.39 is 5.97 Å². The molecule has 0 spiro atoms. The lowest BCUT2D eigenvalue weighted by atomic mass is 10.1. The monoisotopic (exact) mass is 192 g/mol. The maximum atomic E-state index is 10.7. The predicted molar refractivity (Wildman–Crippen MR) is 51.4 cm³/mol. The van der Waals surface area contributed by atoms with Crippen LogP contribution in [0.1, 0.15) is 15.9 Å². The Morgan fingerprint density at radius 1 is 1.64 bits per heavy atom. The van der Waals surface area contributed by atoms with Gasteiger partial charge in [0.05, 0.1) is 5.56 Å². The molecule has 0 saturated carbocycles. The van der Waals surface area contributed by atoms with E-state index in [9.17, 15) is 4.79 Å². The van der Waals surface area contributed by atoms with Gasteiger partial charge in [0.15, 0.2) is 0 Å². The lowest BCUT2D eigenvalue weighted by Gasteiger charge is -2.05. The van der Waals surface area contributed by atoms with Crippen LogP contribution < -0.4 is 5.73 Å². The molecule has 14 heavy (non-hydrogen) atoms. The predicted octanol–water partition coefficient (Wildman–Crippen LogP) is 2.22. The lowest BCUT2D eigenvalue weighted by Crippen LogP contribution is -2.01. The molecule has 0 aliphatic rings. The molecule has 0 bridgehead atoms. The number of carboxylic acid groups (broad SMARTS) is 1. The minimum absolute atomic E-state index is 0.0485. The van der Waals surface area contributed by atoms with Gasteiger partial charge in [-0.1, -0.05) is 5.11 Å². The second-order valence-corrected chi connectivity index (χ2v) is 2.71. The zero-order valence-electron chi connectivity index (χ0n) is 7.43. The average molecular weight is 192 g/mol. The number of azide groups is 1. The second-order valence-electron chi connectivity index (χ2n) is 2.71. The maximum absolute atomic E-state index is 10.7. The third-order valence-corrected chi connectivity index (χ3v) is 1.79. The first-order valence-corrected chi connectivity index (χ1v) is 3.74. The highest BCUT2D eigenvalue weighted by Crippen LogP contribution is 2.25. The zero-order valence-corrected chi connectivity index (χ0v) is 7.43. The smallest absolute Gasteiger partial charge is 0.336 e. The number of nitrogens with zero attached hydrogens (tertiary/aromatic N) is 3. The number of benzene rings is 1. The van der Waals surface area contributed by atoms with E-state index in [1.165, 1.54) is 12.1 Å². The lowest BCUT2D eigenvalue weighted by molar-refractivity contribution is 0.0696. The molecule has 0 amide bonds. The van der Waals surface area contributed by atoms with Crippen LogP contribution in [-0.4, -0.2) is 11.1 Å². The number of aromatic carboxylic acids is 1. The fourth-order valence-corrected chi connectivity index (χ4v) is 1.09. The van der Waals surface area contributed by atoms with Crippen LogP contribution in [-0.2, 0) is 0 Å². The molecule has 72 valence electrons. The van der Waals surface area contributed by atoms with Crippen molar-refractivity contribution in [1.29, 1.82) is 0 Å². The van der Waals surface area contributed by atoms with Gasteiger partial charge in [-0.15, -0.1) is 0 Å². The average Bonchev–Trinajstić information content (AvgIpc) is 2.10. The van der Waals surface area contributed by atoms with Crippen molar-refractivity contribution in [3.63, 3.8) is 0 Å². The number of carboxylic acids is 1. The van der Waals surface area contributed by atoms with Crippen LogP contribution in [0.4, 0.5) is 11.4 Å². The first-order valence-electron chi connectivity index (χ1n) is 3.74. The van der Waals surface area contributed by atoms with Crippen LogP contribution in [0.15, 0.2) is 17.2 Å². The molecule has 1 aromatic rings. The summed E-state index contributed by atoms with van der Waals surface area (Å²) in [6.45, 7) is 1.56. The van der Waals surface area contributed by atoms with E-state index in [2.05, 4.69) is 10.0 Å². The van der Waals surface area contributed by atoms with Crippen LogP contribution in [0, 0.1) is 6.92 Å². The normalized spacial score (nSPS) is 9.21. The van der Waals surface area contributed by atoms with Crippen molar-refractivity contribution in [2.24, 2.45) is 5.11 Å². The largest absolute Gasteiger partial charge is 0.478 e. The second kappa shape index (κ2) is 3.68. The van der Waals surface area contributed by atoms with Gasteiger partial charge in [-0.25, -0.2) is 4.79 Å². The Kier molecular flexibility index (Phi) is 2.59. The Bertz CT molecular complexity index is 412. The molecular weight excluding hydrogens is 184 g/mol. The molecule has 3 N–H and O–H groups in total. The van der Waals surface area contributed by atoms with Crippen molar-refractivity contribution in [3.8, 4) is 0 Å². The molecule has 0 radical (unpaired) electrons. The molecule has 0 unspecified atom stereocenters. The first kappa shape index (κ1) is 9.88. The number of hydrogen-bond donors (Lipinski definition) is 2. The highest BCUT2D eigenvalue weighted by atomic mass is 16.4. The zero-order chi connectivity index (χ0) is 10.7. The molecule has 0 aromatic heterocycles. The highest BCUT2D eigenvalue weighted by molar-refractivity contribution is 5.92. The Morgan fingerprint density at radius 2 is 2.29 bits per heavy atom. The first-order chi connectivity index (χ1) is 6.56. The summed E-state index contributed by atoms with van der Waals surface area (Å²) in [5, 5.41) is 12.1. The summed E-state index contributed by atoms with van der Waals surface area (Å²) in [7, 11) is 0. The van der Waals surface area contributed by atoms with Crippen LogP contribution in [0.3, 0.4) is 0 Å². The number of rotatable bonds is 2. The summed E-state index contributed by atoms with van der Waals surface area (Å²) in [6, 6.07) is 2.76. The molecule has 6 nitrogen and oxygen atoms in total. The van der Waals surface area contributed by atoms with Crippen LogP contribution in [0.5, 0.6) is 0 Å². The van der Waals surface area contributed by atoms with Crippen molar-refractivity contribution in [2.45, 2.75) is 6.92 Å². The number of nitrogens with two attached hydrogens (primary N) is 1. The molecule has 0 aliphatic carbocycles. The molecule has 6 heteroatoms. The van der Waals surface area contributed by atoms with Crippen molar-refractivity contribution >= 4 is 17.3 Å². The minimum atomic E-state index is -1.09. The minimum Gasteiger partial charge on any atom is -0.478 e. The van der Waals surface area contributed by atoms with E-state index in [-0.39, 0.29) is 16.9 Å². The summed E-state index contributed by atoms with van der Waals surface area (Å²) < 4.78 is 0. The SMILES string of the molecule is Cc1c(N=[N+]=[N-])cc(N)cc1C(=O)O. The molecule has 0 saturated heterocycles. The van der Waals surface area contributed by atoms with Gasteiger partial charge in [-0.3, -0.25) is 0 Å². The van der Waals surface area contributed by atoms with E-state index in [1.54, 1.807) is 6.92 Å².